The van der Waals surface area contributed by atoms with Crippen molar-refractivity contribution in [1.29, 1.82) is 5.26 Å². The van der Waals surface area contributed by atoms with E-state index < -0.39 is 0 Å². The van der Waals surface area contributed by atoms with Gasteiger partial charge in [0.05, 0.1) is 35.7 Å². The second kappa shape index (κ2) is 7.02. The number of hydrogen-bond donors (Lipinski definition) is 0. The zero-order valence-corrected chi connectivity index (χ0v) is 16.0. The lowest BCUT2D eigenvalue weighted by atomic mass is 9.88. The third-order valence-electron chi connectivity index (χ3n) is 5.36. The summed E-state index contributed by atoms with van der Waals surface area (Å²) in [6.45, 7) is 1.86. The molecular weight excluding hydrogens is 362 g/mol. The summed E-state index contributed by atoms with van der Waals surface area (Å²) in [4.78, 5) is 8.54. The van der Waals surface area contributed by atoms with Crippen molar-refractivity contribution in [3.8, 4) is 17.5 Å². The Hall–Kier alpha value is -3.72. The normalized spacial score (nSPS) is 15.7. The van der Waals surface area contributed by atoms with E-state index in [-0.39, 0.29) is 6.10 Å². The predicted molar refractivity (Wildman–Crippen MR) is 109 cm³/mol. The van der Waals surface area contributed by atoms with Crippen LogP contribution < -0.4 is 4.74 Å². The first-order valence-electron chi connectivity index (χ1n) is 9.68. The Morgan fingerprint density at radius 1 is 1.10 bits per heavy atom. The topological polar surface area (TPSA) is 76.6 Å². The molecule has 1 aliphatic rings. The van der Waals surface area contributed by atoms with E-state index in [1.807, 2.05) is 54.2 Å². The van der Waals surface area contributed by atoms with Crippen LogP contribution >= 0.6 is 0 Å². The van der Waals surface area contributed by atoms with Crippen molar-refractivity contribution in [3.05, 3.63) is 77.5 Å². The van der Waals surface area contributed by atoms with Gasteiger partial charge in [-0.15, -0.1) is 0 Å². The van der Waals surface area contributed by atoms with Gasteiger partial charge in [0.2, 0.25) is 0 Å². The molecule has 6 heteroatoms. The highest BCUT2D eigenvalue weighted by molar-refractivity contribution is 5.81. The first kappa shape index (κ1) is 17.4. The molecule has 142 valence electrons. The molecular formula is C23H19N5O. The van der Waals surface area contributed by atoms with E-state index in [0.29, 0.717) is 5.56 Å². The van der Waals surface area contributed by atoms with Crippen LogP contribution in [0.3, 0.4) is 0 Å². The minimum Gasteiger partial charge on any atom is -0.486 e. The summed E-state index contributed by atoms with van der Waals surface area (Å²) in [6, 6.07) is 14.1. The number of fused-ring (bicyclic) bond motifs is 2. The molecule has 0 bridgehead atoms. The van der Waals surface area contributed by atoms with E-state index in [1.165, 1.54) is 11.1 Å². The zero-order chi connectivity index (χ0) is 19.8. The lowest BCUT2D eigenvalue weighted by Crippen LogP contribution is -2.15. The highest BCUT2D eigenvalue weighted by Gasteiger charge is 2.22. The summed E-state index contributed by atoms with van der Waals surface area (Å²) in [6.07, 6.45) is 8.36. The standard InChI is InChI=1S/C23H19N5O/c1-15-25-13-19(14-26-15)28-22-10-20(7-6-18(22)12-27-28)29-23-4-2-3-17-9-16(11-24)5-8-21(17)23/h5-10,12-14,23H,2-4H2,1H3. The molecule has 1 atom stereocenters. The molecule has 2 aromatic heterocycles. The van der Waals surface area contributed by atoms with Gasteiger partial charge in [-0.3, -0.25) is 0 Å². The number of benzene rings is 2. The van der Waals surface area contributed by atoms with Crippen LogP contribution in [0.1, 0.15) is 41.5 Å². The minimum atomic E-state index is -0.0111. The lowest BCUT2D eigenvalue weighted by molar-refractivity contribution is 0.183. The Kier molecular flexibility index (Phi) is 4.21. The van der Waals surface area contributed by atoms with Gasteiger partial charge in [0, 0.05) is 11.5 Å². The van der Waals surface area contributed by atoms with E-state index in [9.17, 15) is 0 Å². The average Bonchev–Trinajstić information content (AvgIpc) is 3.17. The van der Waals surface area contributed by atoms with E-state index in [4.69, 9.17) is 10.00 Å². The van der Waals surface area contributed by atoms with Gasteiger partial charge in [0.15, 0.2) is 0 Å². The van der Waals surface area contributed by atoms with Crippen molar-refractivity contribution in [2.45, 2.75) is 32.3 Å². The molecule has 0 fully saturated rings. The molecule has 0 N–H and O–H groups in total. The van der Waals surface area contributed by atoms with Crippen LogP contribution in [0.4, 0.5) is 0 Å². The second-order valence-electron chi connectivity index (χ2n) is 7.29. The minimum absolute atomic E-state index is 0.0111. The molecule has 0 saturated heterocycles. The molecule has 0 saturated carbocycles. The second-order valence-corrected chi connectivity index (χ2v) is 7.29. The van der Waals surface area contributed by atoms with Gasteiger partial charge in [-0.05, 0) is 61.6 Å². The number of hydrogen-bond acceptors (Lipinski definition) is 5. The molecule has 4 aromatic rings. The van der Waals surface area contributed by atoms with Crippen LogP contribution in [-0.2, 0) is 6.42 Å². The Morgan fingerprint density at radius 3 is 2.79 bits per heavy atom. The van der Waals surface area contributed by atoms with Crippen LogP contribution in [0, 0.1) is 18.3 Å². The zero-order valence-electron chi connectivity index (χ0n) is 16.0. The number of rotatable bonds is 3. The Labute approximate surface area is 168 Å². The quantitative estimate of drug-likeness (QED) is 0.524. The molecule has 2 heterocycles. The van der Waals surface area contributed by atoms with Crippen molar-refractivity contribution in [1.82, 2.24) is 19.7 Å². The first-order valence-corrected chi connectivity index (χ1v) is 9.68. The van der Waals surface area contributed by atoms with Crippen LogP contribution in [-0.4, -0.2) is 19.7 Å². The van der Waals surface area contributed by atoms with Crippen LogP contribution in [0.15, 0.2) is 55.0 Å². The number of nitriles is 1. The monoisotopic (exact) mass is 381 g/mol. The Balaban J connectivity index is 1.49. The van der Waals surface area contributed by atoms with Crippen LogP contribution in [0.2, 0.25) is 0 Å². The molecule has 0 spiro atoms. The van der Waals surface area contributed by atoms with E-state index in [1.54, 1.807) is 12.4 Å². The fourth-order valence-electron chi connectivity index (χ4n) is 3.90. The van der Waals surface area contributed by atoms with Gasteiger partial charge in [0.1, 0.15) is 23.4 Å². The van der Waals surface area contributed by atoms with Crippen LogP contribution in [0.5, 0.6) is 5.75 Å². The van der Waals surface area contributed by atoms with Crippen molar-refractivity contribution >= 4 is 10.9 Å². The average molecular weight is 381 g/mol. The molecule has 29 heavy (non-hydrogen) atoms. The molecule has 0 amide bonds. The molecule has 6 nitrogen and oxygen atoms in total. The Bertz CT molecular complexity index is 1240. The van der Waals surface area contributed by atoms with Gasteiger partial charge < -0.3 is 4.74 Å². The maximum absolute atomic E-state index is 9.16. The third-order valence-corrected chi connectivity index (χ3v) is 5.36. The third kappa shape index (κ3) is 3.21. The van der Waals surface area contributed by atoms with Gasteiger partial charge >= 0.3 is 0 Å². The lowest BCUT2D eigenvalue weighted by Gasteiger charge is -2.26. The number of nitrogens with zero attached hydrogens (tertiary/aromatic N) is 5. The van der Waals surface area contributed by atoms with E-state index in [0.717, 1.165) is 47.4 Å². The molecule has 5 rings (SSSR count). The van der Waals surface area contributed by atoms with Crippen molar-refractivity contribution in [2.24, 2.45) is 0 Å². The van der Waals surface area contributed by atoms with Crippen molar-refractivity contribution in [3.63, 3.8) is 0 Å². The predicted octanol–water partition coefficient (Wildman–Crippen LogP) is 4.45. The Morgan fingerprint density at radius 2 is 1.97 bits per heavy atom. The van der Waals surface area contributed by atoms with E-state index in [2.05, 4.69) is 21.1 Å². The molecule has 1 aliphatic carbocycles. The fraction of sp³-hybridized carbons (Fsp3) is 0.217. The number of aryl methyl sites for hydroxylation is 2. The highest BCUT2D eigenvalue weighted by atomic mass is 16.5. The number of ether oxygens (including phenoxy) is 1. The maximum Gasteiger partial charge on any atom is 0.125 e. The number of aromatic nitrogens is 4. The summed E-state index contributed by atoms with van der Waals surface area (Å²) >= 11 is 0. The van der Waals surface area contributed by atoms with Gasteiger partial charge in [-0.25, -0.2) is 14.6 Å². The SMILES string of the molecule is Cc1ncc(-n2ncc3ccc(OC4CCCc5cc(C#N)ccc54)cc32)cn1. The van der Waals surface area contributed by atoms with Crippen LogP contribution in [0.25, 0.3) is 16.6 Å². The molecule has 0 radical (unpaired) electrons. The first-order chi connectivity index (χ1) is 14.2. The highest BCUT2D eigenvalue weighted by Crippen LogP contribution is 2.35. The smallest absolute Gasteiger partial charge is 0.125 e. The van der Waals surface area contributed by atoms with Gasteiger partial charge in [-0.2, -0.15) is 10.4 Å². The molecule has 0 aliphatic heterocycles. The summed E-state index contributed by atoms with van der Waals surface area (Å²) in [5.41, 5.74) is 4.86. The van der Waals surface area contributed by atoms with Gasteiger partial charge in [-0.1, -0.05) is 6.07 Å². The summed E-state index contributed by atoms with van der Waals surface area (Å²) in [5, 5.41) is 14.7. The summed E-state index contributed by atoms with van der Waals surface area (Å²) in [7, 11) is 0. The van der Waals surface area contributed by atoms with Gasteiger partial charge in [0.25, 0.3) is 0 Å². The summed E-state index contributed by atoms with van der Waals surface area (Å²) in [5.74, 6) is 1.53. The van der Waals surface area contributed by atoms with Crippen molar-refractivity contribution < 1.29 is 4.74 Å². The maximum atomic E-state index is 9.16. The largest absolute Gasteiger partial charge is 0.486 e. The fourth-order valence-corrected chi connectivity index (χ4v) is 3.90. The molecule has 1 unspecified atom stereocenters. The van der Waals surface area contributed by atoms with E-state index >= 15 is 0 Å². The summed E-state index contributed by atoms with van der Waals surface area (Å²) < 4.78 is 8.22. The molecule has 2 aromatic carbocycles. The van der Waals surface area contributed by atoms with Crippen molar-refractivity contribution in [2.75, 3.05) is 0 Å².